The summed E-state index contributed by atoms with van der Waals surface area (Å²) >= 11 is 0. The molecule has 0 aromatic rings. The first-order valence-electron chi connectivity index (χ1n) is 5.20. The molecule has 0 aromatic carbocycles. The number of aliphatic hydroxyl groups excluding tert-OH is 1. The van der Waals surface area contributed by atoms with Gasteiger partial charge in [0.15, 0.2) is 0 Å². The average molecular weight is 202 g/mol. The Morgan fingerprint density at radius 1 is 1.43 bits per heavy atom. The second kappa shape index (κ2) is 6.79. The van der Waals surface area contributed by atoms with Gasteiger partial charge in [0.1, 0.15) is 0 Å². The molecule has 0 aromatic heterocycles. The molecule has 0 spiro atoms. The number of rotatable bonds is 7. The van der Waals surface area contributed by atoms with Gasteiger partial charge >= 0.3 is 0 Å². The van der Waals surface area contributed by atoms with Crippen molar-refractivity contribution in [2.75, 3.05) is 19.7 Å². The third-order valence-electron chi connectivity index (χ3n) is 2.41. The summed E-state index contributed by atoms with van der Waals surface area (Å²) in [6.45, 7) is 7.23. The van der Waals surface area contributed by atoms with E-state index in [-0.39, 0.29) is 18.1 Å². The summed E-state index contributed by atoms with van der Waals surface area (Å²) in [4.78, 5) is 11.1. The molecule has 14 heavy (non-hydrogen) atoms. The highest BCUT2D eigenvalue weighted by Gasteiger charge is 2.19. The van der Waals surface area contributed by atoms with E-state index in [1.54, 1.807) is 0 Å². The Morgan fingerprint density at radius 3 is 2.50 bits per heavy atom. The van der Waals surface area contributed by atoms with Crippen LogP contribution in [0.25, 0.3) is 0 Å². The Morgan fingerprint density at radius 2 is 2.07 bits per heavy atom. The zero-order chi connectivity index (χ0) is 11.0. The molecule has 0 saturated heterocycles. The maximum atomic E-state index is 11.1. The summed E-state index contributed by atoms with van der Waals surface area (Å²) in [5, 5.41) is 15.0. The highest BCUT2D eigenvalue weighted by molar-refractivity contribution is 5.75. The molecule has 84 valence electrons. The number of hydrogen-bond acceptors (Lipinski definition) is 3. The van der Waals surface area contributed by atoms with E-state index in [2.05, 4.69) is 10.6 Å². The van der Waals surface area contributed by atoms with Gasteiger partial charge in [-0.25, -0.2) is 0 Å². The Hall–Kier alpha value is -0.610. The first-order chi connectivity index (χ1) is 6.58. The zero-order valence-electron chi connectivity index (χ0n) is 9.39. The topological polar surface area (TPSA) is 61.4 Å². The Labute approximate surface area is 86.1 Å². The van der Waals surface area contributed by atoms with Crippen LogP contribution in [-0.2, 0) is 4.79 Å². The van der Waals surface area contributed by atoms with Crippen molar-refractivity contribution in [2.24, 2.45) is 0 Å². The number of carbonyl (C=O) groups excluding carboxylic acids is 1. The van der Waals surface area contributed by atoms with Crippen LogP contribution in [0.5, 0.6) is 0 Å². The second-order valence-electron chi connectivity index (χ2n) is 3.70. The summed E-state index contributed by atoms with van der Waals surface area (Å²) in [6, 6.07) is 0. The van der Waals surface area contributed by atoms with Crippen LogP contribution in [0, 0.1) is 0 Å². The molecule has 0 aliphatic rings. The molecular formula is C10H22N2O2. The zero-order valence-corrected chi connectivity index (χ0v) is 9.39. The van der Waals surface area contributed by atoms with Gasteiger partial charge in [-0.1, -0.05) is 6.92 Å². The van der Waals surface area contributed by atoms with Crippen LogP contribution in [0.15, 0.2) is 0 Å². The average Bonchev–Trinajstić information content (AvgIpc) is 2.18. The van der Waals surface area contributed by atoms with Crippen molar-refractivity contribution in [2.45, 2.75) is 39.2 Å². The van der Waals surface area contributed by atoms with Gasteiger partial charge in [-0.15, -0.1) is 0 Å². The summed E-state index contributed by atoms with van der Waals surface area (Å²) in [7, 11) is 0. The number of hydrogen-bond donors (Lipinski definition) is 3. The van der Waals surface area contributed by atoms with E-state index >= 15 is 0 Å². The first-order valence-corrected chi connectivity index (χ1v) is 5.20. The van der Waals surface area contributed by atoms with Crippen molar-refractivity contribution in [3.63, 3.8) is 0 Å². The number of amides is 1. The quantitative estimate of drug-likeness (QED) is 0.555. The van der Waals surface area contributed by atoms with E-state index in [0.717, 1.165) is 6.42 Å². The fourth-order valence-corrected chi connectivity index (χ4v) is 1.06. The summed E-state index contributed by atoms with van der Waals surface area (Å²) in [5.41, 5.74) is -0.257. The lowest BCUT2D eigenvalue weighted by Gasteiger charge is -2.27. The largest absolute Gasteiger partial charge is 0.394 e. The maximum absolute atomic E-state index is 11.1. The molecule has 0 fully saturated rings. The first kappa shape index (κ1) is 13.4. The second-order valence-corrected chi connectivity index (χ2v) is 3.70. The van der Waals surface area contributed by atoms with Crippen molar-refractivity contribution >= 4 is 5.91 Å². The van der Waals surface area contributed by atoms with Crippen molar-refractivity contribution in [3.8, 4) is 0 Å². The summed E-state index contributed by atoms with van der Waals surface area (Å²) in [5.74, 6) is 0.0522. The van der Waals surface area contributed by atoms with Gasteiger partial charge < -0.3 is 15.7 Å². The number of nitrogens with one attached hydrogen (secondary N) is 2. The normalized spacial score (nSPS) is 14.9. The van der Waals surface area contributed by atoms with Gasteiger partial charge in [-0.2, -0.15) is 0 Å². The van der Waals surface area contributed by atoms with Crippen LogP contribution in [0.1, 0.15) is 33.6 Å². The standard InChI is InChI=1S/C10H22N2O2/c1-4-10(3,8-13)12-7-6-9(14)11-5-2/h12-13H,4-8H2,1-3H3,(H,11,14). The monoisotopic (exact) mass is 202 g/mol. The molecule has 0 aliphatic carbocycles. The molecule has 4 heteroatoms. The predicted molar refractivity (Wildman–Crippen MR) is 57.1 cm³/mol. The van der Waals surface area contributed by atoms with Crippen LogP contribution < -0.4 is 10.6 Å². The fraction of sp³-hybridized carbons (Fsp3) is 0.900. The molecule has 0 radical (unpaired) electrons. The molecule has 0 rings (SSSR count). The van der Waals surface area contributed by atoms with Gasteiger partial charge in [-0.05, 0) is 20.3 Å². The molecule has 1 amide bonds. The van der Waals surface area contributed by atoms with Gasteiger partial charge in [0.05, 0.1) is 6.61 Å². The molecular weight excluding hydrogens is 180 g/mol. The molecule has 4 nitrogen and oxygen atoms in total. The highest BCUT2D eigenvalue weighted by atomic mass is 16.3. The number of carbonyl (C=O) groups is 1. The van der Waals surface area contributed by atoms with E-state index < -0.39 is 0 Å². The van der Waals surface area contributed by atoms with E-state index in [9.17, 15) is 4.79 Å². The van der Waals surface area contributed by atoms with Gasteiger partial charge in [-0.3, -0.25) is 4.79 Å². The van der Waals surface area contributed by atoms with E-state index in [1.807, 2.05) is 20.8 Å². The Bertz CT molecular complexity index is 168. The smallest absolute Gasteiger partial charge is 0.221 e. The van der Waals surface area contributed by atoms with Crippen LogP contribution >= 0.6 is 0 Å². The Balaban J connectivity index is 3.66. The van der Waals surface area contributed by atoms with Crippen LogP contribution in [0.4, 0.5) is 0 Å². The maximum Gasteiger partial charge on any atom is 0.221 e. The lowest BCUT2D eigenvalue weighted by Crippen LogP contribution is -2.46. The third kappa shape index (κ3) is 5.19. The highest BCUT2D eigenvalue weighted by Crippen LogP contribution is 2.06. The lowest BCUT2D eigenvalue weighted by molar-refractivity contribution is -0.120. The van der Waals surface area contributed by atoms with Gasteiger partial charge in [0, 0.05) is 25.0 Å². The predicted octanol–water partition coefficient (Wildman–Crippen LogP) is 0.263. The molecule has 3 N–H and O–H groups in total. The molecule has 0 saturated carbocycles. The van der Waals surface area contributed by atoms with E-state index in [4.69, 9.17) is 5.11 Å². The molecule has 1 atom stereocenters. The number of aliphatic hydroxyl groups is 1. The van der Waals surface area contributed by atoms with E-state index in [0.29, 0.717) is 19.5 Å². The Kier molecular flexibility index (Phi) is 6.49. The van der Waals surface area contributed by atoms with Crippen molar-refractivity contribution < 1.29 is 9.90 Å². The molecule has 1 unspecified atom stereocenters. The van der Waals surface area contributed by atoms with Crippen LogP contribution in [0.3, 0.4) is 0 Å². The van der Waals surface area contributed by atoms with Crippen LogP contribution in [0.2, 0.25) is 0 Å². The van der Waals surface area contributed by atoms with Gasteiger partial charge in [0.25, 0.3) is 0 Å². The minimum absolute atomic E-state index is 0.0522. The summed E-state index contributed by atoms with van der Waals surface area (Å²) < 4.78 is 0. The van der Waals surface area contributed by atoms with Crippen molar-refractivity contribution in [1.29, 1.82) is 0 Å². The third-order valence-corrected chi connectivity index (χ3v) is 2.41. The van der Waals surface area contributed by atoms with Crippen molar-refractivity contribution in [3.05, 3.63) is 0 Å². The van der Waals surface area contributed by atoms with Crippen molar-refractivity contribution in [1.82, 2.24) is 10.6 Å². The fourth-order valence-electron chi connectivity index (χ4n) is 1.06. The minimum atomic E-state index is -0.257. The lowest BCUT2D eigenvalue weighted by atomic mass is 10.0. The van der Waals surface area contributed by atoms with E-state index in [1.165, 1.54) is 0 Å². The SMILES string of the molecule is CCNC(=O)CCNC(C)(CC)CO. The molecule has 0 heterocycles. The summed E-state index contributed by atoms with van der Waals surface area (Å²) in [6.07, 6.45) is 1.31. The minimum Gasteiger partial charge on any atom is -0.394 e. The van der Waals surface area contributed by atoms with Crippen LogP contribution in [-0.4, -0.2) is 36.2 Å². The van der Waals surface area contributed by atoms with Gasteiger partial charge in [0.2, 0.25) is 5.91 Å². The molecule has 0 aliphatic heterocycles. The molecule has 0 bridgehead atoms.